The molecule has 0 amide bonds. The van der Waals surface area contributed by atoms with Crippen molar-refractivity contribution in [3.8, 4) is 0 Å². The molecule has 0 aromatic carbocycles. The van der Waals surface area contributed by atoms with E-state index < -0.39 is 5.17 Å². The van der Waals surface area contributed by atoms with Crippen LogP contribution in [0, 0.1) is 0 Å². The minimum Gasteiger partial charge on any atom is -0.487 e. The van der Waals surface area contributed by atoms with Crippen molar-refractivity contribution in [2.24, 2.45) is 5.73 Å². The van der Waals surface area contributed by atoms with Crippen LogP contribution in [0.2, 0.25) is 0 Å². The molecule has 0 fully saturated rings. The smallest absolute Gasteiger partial charge is 0.256 e. The molecule has 0 spiro atoms. The minimum absolute atomic E-state index is 0.00463. The summed E-state index contributed by atoms with van der Waals surface area (Å²) in [5.74, 6) is 0. The molecule has 0 saturated carbocycles. The fourth-order valence-corrected chi connectivity index (χ4v) is 1.00. The normalized spacial score (nSPS) is 8.00. The molecule has 104 valence electrons. The van der Waals surface area contributed by atoms with Gasteiger partial charge in [-0.3, -0.25) is 0 Å². The van der Waals surface area contributed by atoms with Gasteiger partial charge in [-0.2, -0.15) is 0 Å². The van der Waals surface area contributed by atoms with Gasteiger partial charge in [0.15, 0.2) is 0 Å². The highest BCUT2D eigenvalue weighted by molar-refractivity contribution is 7.80. The molecule has 0 radical (unpaired) electrons. The van der Waals surface area contributed by atoms with Gasteiger partial charge in [0.25, 0.3) is 10.3 Å². The average Bonchev–Trinajstić information content (AvgIpc) is 2.20. The number of hydrogen-bond donors (Lipinski definition) is 4. The van der Waals surface area contributed by atoms with Crippen molar-refractivity contribution in [3.63, 3.8) is 0 Å². The molecule has 7 heteroatoms. The lowest BCUT2D eigenvalue weighted by Gasteiger charge is -2.15. The number of aliphatic hydroxyl groups excluding tert-OH is 2. The van der Waals surface area contributed by atoms with Gasteiger partial charge < -0.3 is 26.2 Å². The quantitative estimate of drug-likeness (QED) is 0.583. The Hall–Kier alpha value is -0.660. The van der Waals surface area contributed by atoms with Gasteiger partial charge in [0.2, 0.25) is 0 Å². The minimum atomic E-state index is -0.500. The van der Waals surface area contributed by atoms with Crippen molar-refractivity contribution in [3.05, 3.63) is 0 Å². The predicted octanol–water partition coefficient (Wildman–Crippen LogP) is 1.57. The predicted molar refractivity (Wildman–Crippen MR) is 81.8 cm³/mol. The van der Waals surface area contributed by atoms with Crippen LogP contribution in [0.3, 0.4) is 0 Å². The molecule has 0 aliphatic carbocycles. The summed E-state index contributed by atoms with van der Waals surface area (Å²) < 4.78 is 0. The molecule has 0 saturated heterocycles. The number of hydrogen-bond acceptors (Lipinski definition) is 3. The molecule has 0 rings (SSSR count). The van der Waals surface area contributed by atoms with Crippen LogP contribution in [0.4, 0.5) is 0 Å². The van der Waals surface area contributed by atoms with Crippen LogP contribution in [0.15, 0.2) is 0 Å². The Morgan fingerprint density at radius 1 is 1.06 bits per heavy atom. The van der Waals surface area contributed by atoms with Crippen molar-refractivity contribution >= 4 is 34.8 Å². The molecule has 17 heavy (non-hydrogen) atoms. The van der Waals surface area contributed by atoms with Gasteiger partial charge in [-0.25, -0.2) is 0 Å². The Balaban J connectivity index is -0.000000188. The van der Waals surface area contributed by atoms with Crippen molar-refractivity contribution in [2.75, 3.05) is 26.2 Å². The van der Waals surface area contributed by atoms with Gasteiger partial charge in [0.1, 0.15) is 0 Å². The maximum atomic E-state index is 8.67. The second-order valence-electron chi connectivity index (χ2n) is 2.75. The van der Waals surface area contributed by atoms with Crippen LogP contribution >= 0.6 is 24.4 Å². The van der Waals surface area contributed by atoms with E-state index in [1.807, 2.05) is 13.8 Å². The maximum Gasteiger partial charge on any atom is 0.256 e. The van der Waals surface area contributed by atoms with E-state index in [1.54, 1.807) is 4.90 Å². The van der Waals surface area contributed by atoms with Gasteiger partial charge in [0.05, 0.1) is 0 Å². The third-order valence-corrected chi connectivity index (χ3v) is 1.79. The number of nitrogens with one attached hydrogen (secondary N) is 1. The lowest BCUT2D eigenvalue weighted by atomic mass is 10.6. The lowest BCUT2D eigenvalue weighted by Crippen LogP contribution is -2.28. The first-order valence-corrected chi connectivity index (χ1v) is 6.35. The average molecular weight is 283 g/mol. The second-order valence-corrected chi connectivity index (χ2v) is 3.53. The van der Waals surface area contributed by atoms with Crippen LogP contribution in [0.5, 0.6) is 0 Å². The highest BCUT2D eigenvalue weighted by Gasteiger charge is 1.98. The molecule has 0 heterocycles. The molecule has 0 aliphatic rings. The Kier molecular flexibility index (Phi) is 22.5. The molecular weight excluding hydrogens is 258 g/mol. The molecule has 0 aromatic rings. The van der Waals surface area contributed by atoms with Gasteiger partial charge in [-0.15, -0.1) is 0 Å². The van der Waals surface area contributed by atoms with E-state index in [0.29, 0.717) is 0 Å². The van der Waals surface area contributed by atoms with E-state index in [-0.39, 0.29) is 5.17 Å². The summed E-state index contributed by atoms with van der Waals surface area (Å²) >= 11 is 8.37. The number of nitrogens with two attached hydrogens (primary N) is 1. The van der Waals surface area contributed by atoms with Gasteiger partial charge in [-0.05, 0) is 51.4 Å². The molecule has 0 aromatic heterocycles. The van der Waals surface area contributed by atoms with Crippen LogP contribution in [-0.2, 0) is 0 Å². The highest BCUT2D eigenvalue weighted by Crippen LogP contribution is 1.85. The van der Waals surface area contributed by atoms with E-state index in [1.165, 1.54) is 0 Å². The summed E-state index contributed by atoms with van der Waals surface area (Å²) in [7, 11) is 0. The molecule has 5 nitrogen and oxygen atoms in total. The summed E-state index contributed by atoms with van der Waals surface area (Å²) in [6, 6.07) is 0. The topological polar surface area (TPSA) is 81.8 Å². The van der Waals surface area contributed by atoms with E-state index >= 15 is 0 Å². The molecule has 0 atom stereocenters. The number of rotatable bonds is 4. The Morgan fingerprint density at radius 2 is 1.35 bits per heavy atom. The highest BCUT2D eigenvalue weighted by atomic mass is 32.1. The fourth-order valence-electron chi connectivity index (χ4n) is 0.744. The van der Waals surface area contributed by atoms with Gasteiger partial charge in [0, 0.05) is 13.1 Å². The monoisotopic (exact) mass is 283 g/mol. The van der Waals surface area contributed by atoms with E-state index in [9.17, 15) is 0 Å². The summed E-state index contributed by atoms with van der Waals surface area (Å²) in [6.45, 7) is 11.9. The first-order valence-electron chi connectivity index (χ1n) is 5.54. The number of aliphatic hydroxyl groups is 2. The Morgan fingerprint density at radius 3 is 1.35 bits per heavy atom. The fraction of sp³-hybridized carbons (Fsp3) is 0.800. The van der Waals surface area contributed by atoms with Crippen LogP contribution < -0.4 is 11.1 Å². The Bertz CT molecular complexity index is 182. The SMILES string of the molecule is CCN(CC)C(O)=S.CCNCC.NC(O)=S. The van der Waals surface area contributed by atoms with Crippen molar-refractivity contribution in [1.29, 1.82) is 0 Å². The van der Waals surface area contributed by atoms with Crippen LogP contribution in [0.1, 0.15) is 27.7 Å². The molecular formula is C10H25N3O2S2. The second kappa shape index (κ2) is 17.7. The van der Waals surface area contributed by atoms with Crippen LogP contribution in [0.25, 0.3) is 0 Å². The largest absolute Gasteiger partial charge is 0.487 e. The first kappa shape index (κ1) is 21.6. The third-order valence-electron chi connectivity index (χ3n) is 1.53. The van der Waals surface area contributed by atoms with Crippen molar-refractivity contribution in [1.82, 2.24) is 10.2 Å². The molecule has 0 bridgehead atoms. The van der Waals surface area contributed by atoms with Gasteiger partial charge >= 0.3 is 0 Å². The van der Waals surface area contributed by atoms with E-state index in [0.717, 1.165) is 26.2 Å². The standard InChI is InChI=1S/C5H11NOS.C4H11N.CH3NOS/c1-3-6(4-2)5(7)8;1-3-5-4-2;2-1(3)4/h3-4H2,1-2H3,(H,7,8);5H,3-4H2,1-2H3;(H3,2,3,4). The number of nitrogens with zero attached hydrogens (tertiary/aromatic N) is 1. The van der Waals surface area contributed by atoms with Gasteiger partial charge in [-0.1, -0.05) is 13.8 Å². The van der Waals surface area contributed by atoms with Crippen LogP contribution in [-0.4, -0.2) is 51.6 Å². The lowest BCUT2D eigenvalue weighted by molar-refractivity contribution is 0.371. The summed E-state index contributed by atoms with van der Waals surface area (Å²) in [5, 5.41) is 18.8. The zero-order valence-corrected chi connectivity index (χ0v) is 12.7. The first-order chi connectivity index (χ1) is 7.87. The molecule has 0 aliphatic heterocycles. The molecule has 0 unspecified atom stereocenters. The zero-order chi connectivity index (χ0) is 14.3. The summed E-state index contributed by atoms with van der Waals surface area (Å²) in [5.41, 5.74) is 4.40. The maximum absolute atomic E-state index is 8.67. The van der Waals surface area contributed by atoms with E-state index in [2.05, 4.69) is 49.3 Å². The van der Waals surface area contributed by atoms with Crippen molar-refractivity contribution in [2.45, 2.75) is 27.7 Å². The zero-order valence-electron chi connectivity index (χ0n) is 11.1. The summed E-state index contributed by atoms with van der Waals surface area (Å²) in [6.07, 6.45) is 0. The summed E-state index contributed by atoms with van der Waals surface area (Å²) in [4.78, 5) is 1.70. The third kappa shape index (κ3) is 31.3. The molecule has 5 N–H and O–H groups in total. The Labute approximate surface area is 115 Å². The number of thiocarbonyl (C=S) groups is 2. The van der Waals surface area contributed by atoms with Crippen molar-refractivity contribution < 1.29 is 10.2 Å². The van der Waals surface area contributed by atoms with E-state index in [4.69, 9.17) is 10.2 Å².